The molecule has 1 rings (SSSR count). The van der Waals surface area contributed by atoms with Gasteiger partial charge in [-0.25, -0.2) is 0 Å². The maximum absolute atomic E-state index is 12.8. The molecule has 0 fully saturated rings. The van der Waals surface area contributed by atoms with Crippen LogP contribution in [0.15, 0.2) is 29.2 Å². The molecule has 0 amide bonds. The van der Waals surface area contributed by atoms with E-state index in [1.54, 1.807) is 6.92 Å². The maximum Gasteiger partial charge on any atom is 0.308 e. The lowest BCUT2D eigenvalue weighted by Gasteiger charge is -2.11. The number of nitrogens with zero attached hydrogens (tertiary/aromatic N) is 1. The first-order chi connectivity index (χ1) is 8.68. The van der Waals surface area contributed by atoms with Crippen LogP contribution < -0.4 is 4.36 Å². The van der Waals surface area contributed by atoms with Gasteiger partial charge in [-0.15, -0.1) is 0 Å². The van der Waals surface area contributed by atoms with Crippen LogP contribution in [0.5, 0.6) is 0 Å². The zero-order valence-corrected chi connectivity index (χ0v) is 12.3. The van der Waals surface area contributed by atoms with Crippen molar-refractivity contribution in [3.05, 3.63) is 34.4 Å². The monoisotopic (exact) mass is 287 g/mol. The highest BCUT2D eigenvalue weighted by molar-refractivity contribution is 7.86. The summed E-state index contributed by atoms with van der Waals surface area (Å²) in [6.45, 7) is 7.64. The third-order valence-electron chi connectivity index (χ3n) is 2.08. The van der Waals surface area contributed by atoms with Crippen molar-refractivity contribution >= 4 is 15.7 Å². The standard InChI is InChI=1S/C12H18N2O4S/c1-5-18-19(17,13-12(2,3)4)11-8-6-10(7-9-11)14(15)16/h6-9H,5H2,1-4H3/p+1. The molecule has 1 aromatic carbocycles. The minimum Gasteiger partial charge on any atom is -0.258 e. The lowest BCUT2D eigenvalue weighted by Crippen LogP contribution is -2.84. The summed E-state index contributed by atoms with van der Waals surface area (Å²) in [5.74, 6) is 0. The Morgan fingerprint density at radius 1 is 1.32 bits per heavy atom. The van der Waals surface area contributed by atoms with Gasteiger partial charge in [0.1, 0.15) is 4.90 Å². The molecule has 1 unspecified atom stereocenters. The van der Waals surface area contributed by atoms with E-state index in [2.05, 4.69) is 4.36 Å². The van der Waals surface area contributed by atoms with Gasteiger partial charge in [0.2, 0.25) is 0 Å². The summed E-state index contributed by atoms with van der Waals surface area (Å²) >= 11 is 0. The van der Waals surface area contributed by atoms with Gasteiger partial charge in [-0.3, -0.25) is 14.3 Å². The highest BCUT2D eigenvalue weighted by Crippen LogP contribution is 2.16. The van der Waals surface area contributed by atoms with Crippen LogP contribution in [0.1, 0.15) is 27.7 Å². The predicted octanol–water partition coefficient (Wildman–Crippen LogP) is 1.25. The van der Waals surface area contributed by atoms with Gasteiger partial charge < -0.3 is 0 Å². The first kappa shape index (κ1) is 15.6. The van der Waals surface area contributed by atoms with Crippen molar-refractivity contribution in [1.82, 2.24) is 0 Å². The summed E-state index contributed by atoms with van der Waals surface area (Å²) in [5.41, 5.74) is -0.452. The molecule has 6 nitrogen and oxygen atoms in total. The van der Waals surface area contributed by atoms with Gasteiger partial charge in [-0.05, 0) is 19.1 Å². The van der Waals surface area contributed by atoms with Crippen molar-refractivity contribution < 1.29 is 17.7 Å². The smallest absolute Gasteiger partial charge is 0.258 e. The van der Waals surface area contributed by atoms with Crippen molar-refractivity contribution in [2.75, 3.05) is 6.61 Å². The van der Waals surface area contributed by atoms with E-state index in [0.29, 0.717) is 4.90 Å². The molecule has 0 aliphatic heterocycles. The van der Waals surface area contributed by atoms with Gasteiger partial charge in [0.15, 0.2) is 5.54 Å². The number of non-ortho nitro benzene ring substituents is 1. The first-order valence-corrected chi connectivity index (χ1v) is 7.38. The van der Waals surface area contributed by atoms with Crippen molar-refractivity contribution in [2.24, 2.45) is 0 Å². The second-order valence-electron chi connectivity index (χ2n) is 5.01. The van der Waals surface area contributed by atoms with Crippen LogP contribution in [0.2, 0.25) is 0 Å². The fourth-order valence-electron chi connectivity index (χ4n) is 1.47. The van der Waals surface area contributed by atoms with Crippen molar-refractivity contribution in [2.45, 2.75) is 38.1 Å². The predicted molar refractivity (Wildman–Crippen MR) is 71.8 cm³/mol. The van der Waals surface area contributed by atoms with E-state index in [1.807, 2.05) is 20.8 Å². The molecular formula is C12H19N2O4S+. The van der Waals surface area contributed by atoms with Crippen molar-refractivity contribution in [1.29, 1.82) is 0 Å². The van der Waals surface area contributed by atoms with Crippen LogP contribution >= 0.6 is 0 Å². The highest BCUT2D eigenvalue weighted by atomic mass is 32.2. The number of benzene rings is 1. The van der Waals surface area contributed by atoms with Crippen LogP contribution in [0.4, 0.5) is 5.69 Å². The summed E-state index contributed by atoms with van der Waals surface area (Å²) < 4.78 is 21.1. The second-order valence-corrected chi connectivity index (χ2v) is 6.93. The summed E-state index contributed by atoms with van der Waals surface area (Å²) in [7, 11) is -2.89. The SMILES string of the molecule is CCOS(=O)(=[NH+]C(C)(C)C)c1ccc([N+](=O)[O-])cc1. The van der Waals surface area contributed by atoms with Gasteiger partial charge >= 0.3 is 10.0 Å². The zero-order valence-electron chi connectivity index (χ0n) is 11.5. The topological polar surface area (TPSA) is 83.4 Å². The average molecular weight is 287 g/mol. The summed E-state index contributed by atoms with van der Waals surface area (Å²) in [5, 5.41) is 10.6. The van der Waals surface area contributed by atoms with Crippen LogP contribution in [0.3, 0.4) is 0 Å². The Labute approximate surface area is 113 Å². The molecule has 0 aromatic heterocycles. The van der Waals surface area contributed by atoms with E-state index in [-0.39, 0.29) is 12.3 Å². The molecule has 0 bridgehead atoms. The van der Waals surface area contributed by atoms with Crippen LogP contribution in [-0.2, 0) is 14.2 Å². The van der Waals surface area contributed by atoms with Crippen molar-refractivity contribution in [3.8, 4) is 0 Å². The quantitative estimate of drug-likeness (QED) is 0.667. The Morgan fingerprint density at radius 3 is 2.21 bits per heavy atom. The van der Waals surface area contributed by atoms with E-state index >= 15 is 0 Å². The molecule has 0 saturated carbocycles. The largest absolute Gasteiger partial charge is 0.308 e. The van der Waals surface area contributed by atoms with Gasteiger partial charge in [-0.1, -0.05) is 0 Å². The average Bonchev–Trinajstić information content (AvgIpc) is 2.27. The molecule has 19 heavy (non-hydrogen) atoms. The molecule has 0 aliphatic rings. The summed E-state index contributed by atoms with van der Waals surface area (Å²) in [6, 6.07) is 5.54. The second kappa shape index (κ2) is 5.66. The van der Waals surface area contributed by atoms with E-state index in [4.69, 9.17) is 4.18 Å². The minimum atomic E-state index is -2.89. The molecule has 106 valence electrons. The lowest BCUT2D eigenvalue weighted by atomic mass is 10.1. The Bertz CT molecular complexity index is 566. The molecule has 1 atom stereocenters. The molecule has 0 aliphatic carbocycles. The normalized spacial score (nSPS) is 14.7. The van der Waals surface area contributed by atoms with Crippen molar-refractivity contribution in [3.63, 3.8) is 0 Å². The number of nitro benzene ring substituents is 1. The van der Waals surface area contributed by atoms with Crippen LogP contribution in [0, 0.1) is 10.1 Å². The van der Waals surface area contributed by atoms with Gasteiger partial charge in [0, 0.05) is 32.9 Å². The molecule has 0 radical (unpaired) electrons. The number of nitro groups is 1. The Kier molecular flexibility index (Phi) is 4.65. The number of hydrogen-bond donors (Lipinski definition) is 1. The van der Waals surface area contributed by atoms with Gasteiger partial charge in [0.25, 0.3) is 5.69 Å². The van der Waals surface area contributed by atoms with Crippen LogP contribution in [-0.4, -0.2) is 21.3 Å². The van der Waals surface area contributed by atoms with Crippen LogP contribution in [0.25, 0.3) is 0 Å². The molecule has 0 saturated heterocycles. The number of nitrogens with one attached hydrogen (secondary N) is 1. The minimum absolute atomic E-state index is 0.0437. The highest BCUT2D eigenvalue weighted by Gasteiger charge is 2.25. The van der Waals surface area contributed by atoms with Gasteiger partial charge in [-0.2, -0.15) is 8.57 Å². The zero-order chi connectivity index (χ0) is 14.7. The molecule has 0 heterocycles. The summed E-state index contributed by atoms with van der Waals surface area (Å²) in [6.07, 6.45) is 0. The molecular weight excluding hydrogens is 268 g/mol. The van der Waals surface area contributed by atoms with E-state index in [9.17, 15) is 14.3 Å². The van der Waals surface area contributed by atoms with Gasteiger partial charge in [0.05, 0.1) is 11.5 Å². The Balaban J connectivity index is 3.32. The fraction of sp³-hybridized carbons (Fsp3) is 0.500. The van der Waals surface area contributed by atoms with E-state index in [1.165, 1.54) is 24.3 Å². The Hall–Kier alpha value is -1.47. The fourth-order valence-corrected chi connectivity index (χ4v) is 3.42. The number of hydrogen-bond acceptors (Lipinski definition) is 4. The molecule has 7 heteroatoms. The first-order valence-electron chi connectivity index (χ1n) is 5.90. The van der Waals surface area contributed by atoms with E-state index in [0.717, 1.165) is 0 Å². The Morgan fingerprint density at radius 2 is 1.84 bits per heavy atom. The third kappa shape index (κ3) is 4.29. The maximum atomic E-state index is 12.8. The van der Waals surface area contributed by atoms with E-state index < -0.39 is 20.5 Å². The summed E-state index contributed by atoms with van der Waals surface area (Å²) in [4.78, 5) is 10.5. The number of rotatable bonds is 4. The molecule has 1 N–H and O–H groups in total. The molecule has 1 aromatic rings. The lowest BCUT2D eigenvalue weighted by molar-refractivity contribution is -0.520. The molecule has 0 spiro atoms. The third-order valence-corrected chi connectivity index (χ3v) is 4.42.